The molecule has 3 aromatic carbocycles. The van der Waals surface area contributed by atoms with E-state index in [-0.39, 0.29) is 17.9 Å². The van der Waals surface area contributed by atoms with Gasteiger partial charge in [-0.05, 0) is 66.8 Å². The fourth-order valence-electron chi connectivity index (χ4n) is 4.98. The zero-order chi connectivity index (χ0) is 22.3. The Labute approximate surface area is 194 Å². The minimum Gasteiger partial charge on any atom is -0.378 e. The van der Waals surface area contributed by atoms with E-state index in [9.17, 15) is 8.42 Å². The van der Waals surface area contributed by atoms with Crippen LogP contribution in [0.5, 0.6) is 0 Å². The molecule has 6 heteroatoms. The van der Waals surface area contributed by atoms with Gasteiger partial charge < -0.3 is 5.32 Å². The van der Waals surface area contributed by atoms with Crippen molar-refractivity contribution in [3.63, 3.8) is 0 Å². The van der Waals surface area contributed by atoms with Gasteiger partial charge >= 0.3 is 0 Å². The number of nitrogens with zero attached hydrogens (tertiary/aromatic N) is 1. The van der Waals surface area contributed by atoms with Crippen LogP contribution in [-0.2, 0) is 10.0 Å². The molecule has 32 heavy (non-hydrogen) atoms. The zero-order valence-electron chi connectivity index (χ0n) is 17.8. The molecule has 3 atom stereocenters. The first-order valence-electron chi connectivity index (χ1n) is 10.9. The van der Waals surface area contributed by atoms with Gasteiger partial charge in [0.25, 0.3) is 10.0 Å². The van der Waals surface area contributed by atoms with Crippen molar-refractivity contribution in [3.05, 3.63) is 101 Å². The number of benzene rings is 3. The van der Waals surface area contributed by atoms with Gasteiger partial charge in [0.05, 0.1) is 16.6 Å². The smallest absolute Gasteiger partial charge is 0.264 e. The number of anilines is 2. The number of sulfonamides is 1. The van der Waals surface area contributed by atoms with Crippen LogP contribution in [0.2, 0.25) is 5.02 Å². The van der Waals surface area contributed by atoms with Crippen LogP contribution < -0.4 is 9.62 Å². The van der Waals surface area contributed by atoms with E-state index < -0.39 is 10.0 Å². The molecule has 4 nitrogen and oxygen atoms in total. The molecule has 164 valence electrons. The number of halogens is 1. The van der Waals surface area contributed by atoms with Gasteiger partial charge in [0.2, 0.25) is 0 Å². The van der Waals surface area contributed by atoms with Gasteiger partial charge in [0.15, 0.2) is 0 Å². The van der Waals surface area contributed by atoms with Crippen molar-refractivity contribution in [2.45, 2.75) is 30.2 Å². The Morgan fingerprint density at radius 1 is 1.00 bits per heavy atom. The van der Waals surface area contributed by atoms with Crippen LogP contribution in [0.15, 0.2) is 89.8 Å². The third kappa shape index (κ3) is 3.50. The van der Waals surface area contributed by atoms with Gasteiger partial charge in [-0.15, -0.1) is 0 Å². The first-order valence-corrected chi connectivity index (χ1v) is 12.7. The molecule has 1 heterocycles. The van der Waals surface area contributed by atoms with Crippen molar-refractivity contribution in [2.24, 2.45) is 5.92 Å². The molecule has 2 aliphatic rings. The summed E-state index contributed by atoms with van der Waals surface area (Å²) in [6, 6.07) is 22.7. The molecule has 1 aliphatic heterocycles. The Bertz CT molecular complexity index is 1270. The molecule has 3 aromatic rings. The fourth-order valence-corrected chi connectivity index (χ4v) is 6.74. The Balaban J connectivity index is 1.55. The molecule has 3 unspecified atom stereocenters. The minimum atomic E-state index is -3.68. The Hall–Kier alpha value is -2.76. The Morgan fingerprint density at radius 2 is 1.75 bits per heavy atom. The summed E-state index contributed by atoms with van der Waals surface area (Å²) in [6.45, 7) is 2.22. The highest BCUT2D eigenvalue weighted by Crippen LogP contribution is 2.51. The second kappa shape index (κ2) is 8.30. The molecule has 0 saturated heterocycles. The number of rotatable bonds is 5. The minimum absolute atomic E-state index is 0.0788. The van der Waals surface area contributed by atoms with Gasteiger partial charge in [-0.3, -0.25) is 4.31 Å². The molecule has 0 fully saturated rings. The molecule has 1 aliphatic carbocycles. The van der Waals surface area contributed by atoms with Crippen LogP contribution >= 0.6 is 11.6 Å². The third-order valence-corrected chi connectivity index (χ3v) is 8.74. The van der Waals surface area contributed by atoms with E-state index in [1.165, 1.54) is 4.31 Å². The summed E-state index contributed by atoms with van der Waals surface area (Å²) in [7, 11) is -3.68. The van der Waals surface area contributed by atoms with Crippen LogP contribution in [0.1, 0.15) is 36.4 Å². The molecule has 0 bridgehead atoms. The number of nitrogens with one attached hydrogen (secondary N) is 1. The lowest BCUT2D eigenvalue weighted by atomic mass is 9.77. The highest BCUT2D eigenvalue weighted by molar-refractivity contribution is 7.92. The maximum Gasteiger partial charge on any atom is 0.264 e. The lowest BCUT2D eigenvalue weighted by Crippen LogP contribution is -2.32. The number of hydrogen-bond acceptors (Lipinski definition) is 3. The molecule has 0 saturated carbocycles. The third-order valence-electron chi connectivity index (χ3n) is 6.49. The van der Waals surface area contributed by atoms with E-state index in [1.807, 2.05) is 67.6 Å². The topological polar surface area (TPSA) is 49.4 Å². The van der Waals surface area contributed by atoms with Crippen molar-refractivity contribution < 1.29 is 8.42 Å². The SMILES string of the molecule is CCN(c1ccccc1)S(=O)(=O)c1ccc2c(c1)C1C=CCC1C(c1ccccc1Cl)N2. The predicted octanol–water partition coefficient (Wildman–Crippen LogP) is 6.38. The van der Waals surface area contributed by atoms with Gasteiger partial charge in [-0.1, -0.05) is 60.2 Å². The quantitative estimate of drug-likeness (QED) is 0.445. The van der Waals surface area contributed by atoms with Crippen molar-refractivity contribution in [2.75, 3.05) is 16.2 Å². The summed E-state index contributed by atoms with van der Waals surface area (Å²) in [5.41, 5.74) is 3.74. The summed E-state index contributed by atoms with van der Waals surface area (Å²) in [5.74, 6) is 0.436. The molecule has 5 rings (SSSR count). The maximum atomic E-state index is 13.5. The molecular weight excluding hydrogens is 440 g/mol. The zero-order valence-corrected chi connectivity index (χ0v) is 19.4. The first kappa shape index (κ1) is 21.1. The Kier molecular flexibility index (Phi) is 5.48. The molecular formula is C26H25ClN2O2S. The average Bonchev–Trinajstić information content (AvgIpc) is 3.30. The lowest BCUT2D eigenvalue weighted by molar-refractivity contribution is 0.425. The molecule has 0 radical (unpaired) electrons. The van der Waals surface area contributed by atoms with Crippen molar-refractivity contribution in [1.29, 1.82) is 0 Å². The predicted molar refractivity (Wildman–Crippen MR) is 131 cm³/mol. The van der Waals surface area contributed by atoms with E-state index in [0.29, 0.717) is 17.1 Å². The largest absolute Gasteiger partial charge is 0.378 e. The lowest BCUT2D eigenvalue weighted by Gasteiger charge is -2.38. The first-order chi connectivity index (χ1) is 15.5. The standard InChI is InChI=1S/C26H25ClN2O2S/c1-2-29(18-9-4-3-5-10-18)32(30,31)19-15-16-25-23(17-19)20-12-8-13-21(20)26(28-25)22-11-6-7-14-24(22)27/h3-12,14-17,20-21,26,28H,2,13H2,1H3. The van der Waals surface area contributed by atoms with Gasteiger partial charge in [-0.25, -0.2) is 8.42 Å². The highest BCUT2D eigenvalue weighted by Gasteiger charge is 2.39. The second-order valence-corrected chi connectivity index (χ2v) is 10.5. The van der Waals surface area contributed by atoms with Crippen molar-refractivity contribution >= 4 is 33.0 Å². The van der Waals surface area contributed by atoms with E-state index >= 15 is 0 Å². The van der Waals surface area contributed by atoms with Crippen LogP contribution in [0.3, 0.4) is 0 Å². The highest BCUT2D eigenvalue weighted by atomic mass is 35.5. The number of fused-ring (bicyclic) bond motifs is 3. The van der Waals surface area contributed by atoms with E-state index in [4.69, 9.17) is 11.6 Å². The summed E-state index contributed by atoms with van der Waals surface area (Å²) in [6.07, 6.45) is 5.33. The van der Waals surface area contributed by atoms with Crippen LogP contribution in [-0.4, -0.2) is 15.0 Å². The fraction of sp³-hybridized carbons (Fsp3) is 0.231. The molecule has 0 aromatic heterocycles. The average molecular weight is 465 g/mol. The monoisotopic (exact) mass is 464 g/mol. The maximum absolute atomic E-state index is 13.5. The molecule has 0 amide bonds. The summed E-state index contributed by atoms with van der Waals surface area (Å²) in [5, 5.41) is 4.40. The summed E-state index contributed by atoms with van der Waals surface area (Å²) in [4.78, 5) is 0.319. The van der Waals surface area contributed by atoms with Crippen LogP contribution in [0.4, 0.5) is 11.4 Å². The number of allylic oxidation sites excluding steroid dienone is 2. The van der Waals surface area contributed by atoms with Gasteiger partial charge in [-0.2, -0.15) is 0 Å². The number of hydrogen-bond donors (Lipinski definition) is 1. The molecule has 0 spiro atoms. The Morgan fingerprint density at radius 3 is 2.50 bits per heavy atom. The normalized spacial score (nSPS) is 21.5. The van der Waals surface area contributed by atoms with E-state index in [0.717, 1.165) is 28.3 Å². The van der Waals surface area contributed by atoms with Crippen LogP contribution in [0, 0.1) is 5.92 Å². The number of para-hydroxylation sites is 1. The van der Waals surface area contributed by atoms with Crippen molar-refractivity contribution in [3.8, 4) is 0 Å². The van der Waals surface area contributed by atoms with Crippen LogP contribution in [0.25, 0.3) is 0 Å². The van der Waals surface area contributed by atoms with Crippen molar-refractivity contribution in [1.82, 2.24) is 0 Å². The van der Waals surface area contributed by atoms with E-state index in [2.05, 4.69) is 23.5 Å². The molecule has 1 N–H and O–H groups in total. The van der Waals surface area contributed by atoms with Gasteiger partial charge in [0.1, 0.15) is 0 Å². The second-order valence-electron chi connectivity index (χ2n) is 8.25. The van der Waals surface area contributed by atoms with Gasteiger partial charge in [0, 0.05) is 23.2 Å². The van der Waals surface area contributed by atoms with E-state index in [1.54, 1.807) is 6.07 Å². The summed E-state index contributed by atoms with van der Waals surface area (Å²) >= 11 is 6.52. The summed E-state index contributed by atoms with van der Waals surface area (Å²) < 4.78 is 28.5.